The van der Waals surface area contributed by atoms with Gasteiger partial charge in [0.25, 0.3) is 0 Å². The molecule has 0 saturated heterocycles. The van der Waals surface area contributed by atoms with Gasteiger partial charge in [0.05, 0.1) is 11.1 Å². The molecule has 2 aliphatic rings. The average molecular weight is 384 g/mol. The third-order valence-corrected chi connectivity index (χ3v) is 6.18. The van der Waals surface area contributed by atoms with E-state index < -0.39 is 11.8 Å². The topological polar surface area (TPSA) is 120 Å². The van der Waals surface area contributed by atoms with E-state index in [1.807, 2.05) is 0 Å². The fourth-order valence-electron chi connectivity index (χ4n) is 4.66. The number of hydrogen-bond donors (Lipinski definition) is 2. The number of nitrogens with two attached hydrogens (primary N) is 2. The highest BCUT2D eigenvalue weighted by Gasteiger charge is 2.35. The van der Waals surface area contributed by atoms with E-state index in [2.05, 4.69) is 0 Å². The molecule has 0 atom stereocenters. The van der Waals surface area contributed by atoms with Crippen molar-refractivity contribution in [2.75, 3.05) is 0 Å². The lowest BCUT2D eigenvalue weighted by Crippen LogP contribution is -2.30. The molecular weight excluding hydrogens is 356 g/mol. The highest BCUT2D eigenvalue weighted by Crippen LogP contribution is 2.34. The Morgan fingerprint density at radius 2 is 0.929 bits per heavy atom. The van der Waals surface area contributed by atoms with Crippen LogP contribution in [0.3, 0.4) is 0 Å². The Morgan fingerprint density at radius 1 is 0.607 bits per heavy atom. The molecule has 0 unspecified atom stereocenters. The molecule has 4 N–H and O–H groups in total. The van der Waals surface area contributed by atoms with Crippen LogP contribution in [0.4, 0.5) is 0 Å². The molecule has 28 heavy (non-hydrogen) atoms. The van der Waals surface area contributed by atoms with Gasteiger partial charge in [-0.1, -0.05) is 38.5 Å². The van der Waals surface area contributed by atoms with Crippen molar-refractivity contribution in [2.45, 2.75) is 64.2 Å². The first-order valence-electron chi connectivity index (χ1n) is 10.3. The second-order valence-electron chi connectivity index (χ2n) is 8.04. The Labute approximate surface area is 165 Å². The highest BCUT2D eigenvalue weighted by molar-refractivity contribution is 6.20. The minimum atomic E-state index is -0.770. The van der Waals surface area contributed by atoms with Crippen LogP contribution in [0.1, 0.15) is 106 Å². The van der Waals surface area contributed by atoms with Crippen LogP contribution in [0, 0.1) is 11.8 Å². The zero-order chi connectivity index (χ0) is 20.3. The van der Waals surface area contributed by atoms with Gasteiger partial charge >= 0.3 is 0 Å². The van der Waals surface area contributed by atoms with Crippen molar-refractivity contribution in [1.82, 2.24) is 0 Å². The van der Waals surface area contributed by atoms with Crippen LogP contribution >= 0.6 is 0 Å². The van der Waals surface area contributed by atoms with E-state index in [1.54, 1.807) is 0 Å². The standard InChI is InChI=1S/C22H28N2O4/c23-21(27)15-11-12-16(22(24)28)18(20(26)14-9-5-2-6-10-14)17(15)19(25)13-7-3-1-4-8-13/h11-14H,1-10H2,(H2,23,27)(H2,24,28). The zero-order valence-electron chi connectivity index (χ0n) is 16.2. The normalized spacial score (nSPS) is 18.6. The molecule has 6 heteroatoms. The number of Topliss-reactive ketones (excluding diaryl/α,β-unsaturated/α-hetero) is 2. The highest BCUT2D eigenvalue weighted by atomic mass is 16.2. The van der Waals surface area contributed by atoms with E-state index in [9.17, 15) is 19.2 Å². The molecule has 0 aliphatic heterocycles. The molecule has 2 saturated carbocycles. The SMILES string of the molecule is NC(=O)c1ccc(C(N)=O)c(C(=O)C2CCCCC2)c1C(=O)C1CCCCC1. The summed E-state index contributed by atoms with van der Waals surface area (Å²) in [6, 6.07) is 2.71. The van der Waals surface area contributed by atoms with Crippen molar-refractivity contribution in [3.63, 3.8) is 0 Å². The van der Waals surface area contributed by atoms with E-state index in [0.717, 1.165) is 64.2 Å². The van der Waals surface area contributed by atoms with Gasteiger partial charge in [0, 0.05) is 23.0 Å². The predicted octanol–water partition coefficient (Wildman–Crippen LogP) is 3.41. The van der Waals surface area contributed by atoms with Crippen molar-refractivity contribution in [1.29, 1.82) is 0 Å². The van der Waals surface area contributed by atoms with E-state index in [1.165, 1.54) is 12.1 Å². The molecule has 2 fully saturated rings. The molecule has 0 radical (unpaired) electrons. The van der Waals surface area contributed by atoms with Gasteiger partial charge in [0.1, 0.15) is 0 Å². The third kappa shape index (κ3) is 4.01. The van der Waals surface area contributed by atoms with Gasteiger partial charge in [-0.15, -0.1) is 0 Å². The molecule has 150 valence electrons. The molecule has 1 aromatic carbocycles. The Hall–Kier alpha value is -2.50. The number of primary amides is 2. The summed E-state index contributed by atoms with van der Waals surface area (Å²) in [5.74, 6) is -2.56. The summed E-state index contributed by atoms with van der Waals surface area (Å²) >= 11 is 0. The van der Waals surface area contributed by atoms with E-state index in [0.29, 0.717) is 0 Å². The third-order valence-electron chi connectivity index (χ3n) is 6.18. The van der Waals surface area contributed by atoms with Crippen molar-refractivity contribution in [3.05, 3.63) is 34.4 Å². The number of carbonyl (C=O) groups is 4. The fraction of sp³-hybridized carbons (Fsp3) is 0.545. The first-order chi connectivity index (χ1) is 13.4. The van der Waals surface area contributed by atoms with Crippen LogP contribution in [-0.4, -0.2) is 23.4 Å². The quantitative estimate of drug-likeness (QED) is 0.730. The number of rotatable bonds is 6. The summed E-state index contributed by atoms with van der Waals surface area (Å²) < 4.78 is 0. The Bertz CT molecular complexity index is 736. The summed E-state index contributed by atoms with van der Waals surface area (Å²) in [6.07, 6.45) is 8.75. The molecule has 1 aromatic rings. The fourth-order valence-corrected chi connectivity index (χ4v) is 4.66. The Morgan fingerprint density at radius 3 is 1.21 bits per heavy atom. The van der Waals surface area contributed by atoms with Crippen molar-refractivity contribution < 1.29 is 19.2 Å². The Balaban J connectivity index is 2.16. The molecule has 3 rings (SSSR count). The van der Waals surface area contributed by atoms with Gasteiger partial charge in [-0.25, -0.2) is 0 Å². The number of amides is 2. The summed E-state index contributed by atoms with van der Waals surface area (Å²) in [6.45, 7) is 0. The van der Waals surface area contributed by atoms with Crippen LogP contribution in [0.25, 0.3) is 0 Å². The maximum Gasteiger partial charge on any atom is 0.249 e. The zero-order valence-corrected chi connectivity index (χ0v) is 16.2. The van der Waals surface area contributed by atoms with Gasteiger partial charge < -0.3 is 11.5 Å². The maximum absolute atomic E-state index is 13.4. The lowest BCUT2D eigenvalue weighted by Gasteiger charge is -2.26. The van der Waals surface area contributed by atoms with E-state index in [4.69, 9.17) is 11.5 Å². The van der Waals surface area contributed by atoms with Crippen LogP contribution in [0.15, 0.2) is 12.1 Å². The van der Waals surface area contributed by atoms with Crippen molar-refractivity contribution in [2.24, 2.45) is 23.3 Å². The van der Waals surface area contributed by atoms with Crippen molar-refractivity contribution >= 4 is 23.4 Å². The number of ketones is 2. The van der Waals surface area contributed by atoms with Gasteiger partial charge in [-0.3, -0.25) is 19.2 Å². The van der Waals surface area contributed by atoms with Gasteiger partial charge in [0.2, 0.25) is 11.8 Å². The molecule has 0 spiro atoms. The molecule has 0 heterocycles. The van der Waals surface area contributed by atoms with Crippen LogP contribution in [0.2, 0.25) is 0 Å². The number of hydrogen-bond acceptors (Lipinski definition) is 4. The second-order valence-corrected chi connectivity index (χ2v) is 8.04. The first kappa shape index (κ1) is 20.2. The van der Waals surface area contributed by atoms with Crippen LogP contribution in [0.5, 0.6) is 0 Å². The predicted molar refractivity (Wildman–Crippen MR) is 105 cm³/mol. The molecular formula is C22H28N2O4. The van der Waals surface area contributed by atoms with Gasteiger partial charge in [0.15, 0.2) is 11.6 Å². The van der Waals surface area contributed by atoms with E-state index in [-0.39, 0.29) is 45.7 Å². The minimum absolute atomic E-state index is 0.0136. The monoisotopic (exact) mass is 384 g/mol. The molecule has 0 bridgehead atoms. The summed E-state index contributed by atoms with van der Waals surface area (Å²) in [7, 11) is 0. The minimum Gasteiger partial charge on any atom is -0.366 e. The largest absolute Gasteiger partial charge is 0.366 e. The average Bonchev–Trinajstić information content (AvgIpc) is 2.72. The van der Waals surface area contributed by atoms with Crippen LogP contribution < -0.4 is 11.5 Å². The molecule has 6 nitrogen and oxygen atoms in total. The lowest BCUT2D eigenvalue weighted by atomic mass is 9.76. The summed E-state index contributed by atoms with van der Waals surface area (Å²) in [4.78, 5) is 51.0. The van der Waals surface area contributed by atoms with Gasteiger partial charge in [-0.2, -0.15) is 0 Å². The Kier molecular flexibility index (Phi) is 6.27. The summed E-state index contributed by atoms with van der Waals surface area (Å²) in [5, 5.41) is 0. The second kappa shape index (κ2) is 8.67. The summed E-state index contributed by atoms with van der Waals surface area (Å²) in [5.41, 5.74) is 11.1. The van der Waals surface area contributed by atoms with Crippen molar-refractivity contribution in [3.8, 4) is 0 Å². The number of benzene rings is 1. The maximum atomic E-state index is 13.4. The smallest absolute Gasteiger partial charge is 0.249 e. The van der Waals surface area contributed by atoms with E-state index >= 15 is 0 Å². The molecule has 2 aliphatic carbocycles. The lowest BCUT2D eigenvalue weighted by molar-refractivity contribution is 0.0846. The van der Waals surface area contributed by atoms with Gasteiger partial charge in [-0.05, 0) is 37.8 Å². The molecule has 0 aromatic heterocycles. The first-order valence-corrected chi connectivity index (χ1v) is 10.3. The number of carbonyl (C=O) groups excluding carboxylic acids is 4. The van der Waals surface area contributed by atoms with Crippen LogP contribution in [-0.2, 0) is 0 Å². The molecule has 2 amide bonds.